The van der Waals surface area contributed by atoms with Crippen LogP contribution in [0.1, 0.15) is 27.6 Å². The third-order valence-corrected chi connectivity index (χ3v) is 3.86. The minimum absolute atomic E-state index is 0.176. The normalized spacial score (nSPS) is 10.9. The Labute approximate surface area is 128 Å². The van der Waals surface area contributed by atoms with Crippen LogP contribution in [0.5, 0.6) is 0 Å². The highest BCUT2D eigenvalue weighted by Gasteiger charge is 2.13. The van der Waals surface area contributed by atoms with Crippen molar-refractivity contribution in [2.75, 3.05) is 0 Å². The van der Waals surface area contributed by atoms with Crippen LogP contribution < -0.4 is 5.32 Å². The van der Waals surface area contributed by atoms with Crippen LogP contribution in [-0.2, 0) is 13.6 Å². The molecular formula is C16H17N5O. The van der Waals surface area contributed by atoms with Gasteiger partial charge in [-0.05, 0) is 26.0 Å². The summed E-state index contributed by atoms with van der Waals surface area (Å²) in [5.74, 6) is 0.652. The molecule has 2 aromatic heterocycles. The van der Waals surface area contributed by atoms with Crippen LogP contribution in [-0.4, -0.2) is 25.4 Å². The number of rotatable bonds is 3. The highest BCUT2D eigenvalue weighted by molar-refractivity contribution is 6.04. The molecule has 0 radical (unpaired) electrons. The average molecular weight is 295 g/mol. The van der Waals surface area contributed by atoms with Crippen molar-refractivity contribution >= 4 is 16.9 Å². The third kappa shape index (κ3) is 2.43. The molecule has 0 fully saturated rings. The van der Waals surface area contributed by atoms with Gasteiger partial charge in [0.2, 0.25) is 0 Å². The summed E-state index contributed by atoms with van der Waals surface area (Å²) < 4.78 is 1.98. The molecule has 0 aliphatic heterocycles. The van der Waals surface area contributed by atoms with Crippen LogP contribution in [0.3, 0.4) is 0 Å². The molecule has 6 heteroatoms. The van der Waals surface area contributed by atoms with Gasteiger partial charge >= 0.3 is 0 Å². The lowest BCUT2D eigenvalue weighted by Gasteiger charge is -2.07. The van der Waals surface area contributed by atoms with Crippen molar-refractivity contribution in [2.24, 2.45) is 7.05 Å². The van der Waals surface area contributed by atoms with E-state index in [0.29, 0.717) is 23.1 Å². The molecule has 0 saturated carbocycles. The molecule has 0 atom stereocenters. The summed E-state index contributed by atoms with van der Waals surface area (Å²) >= 11 is 0. The molecule has 3 rings (SSSR count). The average Bonchev–Trinajstić information content (AvgIpc) is 2.79. The molecule has 0 bridgehead atoms. The molecule has 0 aliphatic carbocycles. The van der Waals surface area contributed by atoms with Gasteiger partial charge in [0, 0.05) is 25.1 Å². The van der Waals surface area contributed by atoms with E-state index in [1.807, 2.05) is 31.5 Å². The molecule has 1 N–H and O–H groups in total. The largest absolute Gasteiger partial charge is 0.345 e. The second-order valence-corrected chi connectivity index (χ2v) is 5.17. The Morgan fingerprint density at radius 3 is 2.73 bits per heavy atom. The number of amides is 1. The van der Waals surface area contributed by atoms with Gasteiger partial charge in [-0.1, -0.05) is 6.07 Å². The van der Waals surface area contributed by atoms with Gasteiger partial charge in [-0.3, -0.25) is 14.8 Å². The predicted octanol–water partition coefficient (Wildman–Crippen LogP) is 1.91. The number of aromatic nitrogens is 4. The number of nitrogens with zero attached hydrogens (tertiary/aromatic N) is 4. The molecule has 0 aliphatic rings. The van der Waals surface area contributed by atoms with E-state index < -0.39 is 0 Å². The van der Waals surface area contributed by atoms with E-state index in [1.54, 1.807) is 24.5 Å². The maximum absolute atomic E-state index is 12.4. The molecule has 2 heterocycles. The lowest BCUT2D eigenvalue weighted by atomic mass is 10.1. The second-order valence-electron chi connectivity index (χ2n) is 5.17. The molecule has 22 heavy (non-hydrogen) atoms. The Balaban J connectivity index is 1.83. The zero-order valence-electron chi connectivity index (χ0n) is 12.8. The molecule has 3 aromatic rings. The second kappa shape index (κ2) is 5.55. The SMILES string of the molecule is Cc1nc(CNC(=O)c2cccc3nccnc23)n(C)c1C. The summed E-state index contributed by atoms with van der Waals surface area (Å²) in [4.78, 5) is 25.3. The van der Waals surface area contributed by atoms with Crippen molar-refractivity contribution in [3.05, 3.63) is 53.4 Å². The maximum atomic E-state index is 12.4. The number of aryl methyl sites for hydroxylation is 1. The van der Waals surface area contributed by atoms with Gasteiger partial charge in [0.1, 0.15) is 11.3 Å². The van der Waals surface area contributed by atoms with Gasteiger partial charge < -0.3 is 9.88 Å². The minimum atomic E-state index is -0.176. The molecular weight excluding hydrogens is 278 g/mol. The van der Waals surface area contributed by atoms with E-state index >= 15 is 0 Å². The number of nitrogens with one attached hydrogen (secondary N) is 1. The molecule has 1 aromatic carbocycles. The van der Waals surface area contributed by atoms with Crippen LogP contribution in [0.4, 0.5) is 0 Å². The van der Waals surface area contributed by atoms with Crippen LogP contribution >= 0.6 is 0 Å². The molecule has 0 saturated heterocycles. The molecule has 0 unspecified atom stereocenters. The van der Waals surface area contributed by atoms with E-state index in [2.05, 4.69) is 20.3 Å². The zero-order chi connectivity index (χ0) is 15.7. The van der Waals surface area contributed by atoms with Crippen LogP contribution in [0.15, 0.2) is 30.6 Å². The molecule has 1 amide bonds. The fourth-order valence-electron chi connectivity index (χ4n) is 2.37. The van der Waals surface area contributed by atoms with Crippen molar-refractivity contribution in [1.29, 1.82) is 0 Å². The summed E-state index contributed by atoms with van der Waals surface area (Å²) in [7, 11) is 1.94. The van der Waals surface area contributed by atoms with Gasteiger partial charge in [-0.25, -0.2) is 4.98 Å². The van der Waals surface area contributed by atoms with Crippen molar-refractivity contribution in [2.45, 2.75) is 20.4 Å². The quantitative estimate of drug-likeness (QED) is 0.801. The Kier molecular flexibility index (Phi) is 3.58. The van der Waals surface area contributed by atoms with E-state index in [-0.39, 0.29) is 5.91 Å². The lowest BCUT2D eigenvalue weighted by Crippen LogP contribution is -2.25. The van der Waals surface area contributed by atoms with Crippen LogP contribution in [0.2, 0.25) is 0 Å². The van der Waals surface area contributed by atoms with Gasteiger partial charge in [-0.2, -0.15) is 0 Å². The highest BCUT2D eigenvalue weighted by atomic mass is 16.1. The number of benzene rings is 1. The van der Waals surface area contributed by atoms with Gasteiger partial charge in [0.05, 0.1) is 23.3 Å². The zero-order valence-corrected chi connectivity index (χ0v) is 12.8. The van der Waals surface area contributed by atoms with Crippen molar-refractivity contribution in [3.8, 4) is 0 Å². The fourth-order valence-corrected chi connectivity index (χ4v) is 2.37. The van der Waals surface area contributed by atoms with Crippen LogP contribution in [0, 0.1) is 13.8 Å². The molecule has 6 nitrogen and oxygen atoms in total. The lowest BCUT2D eigenvalue weighted by molar-refractivity contribution is 0.0951. The first-order chi connectivity index (χ1) is 10.6. The van der Waals surface area contributed by atoms with Crippen molar-refractivity contribution < 1.29 is 4.79 Å². The number of imidazole rings is 1. The first-order valence-corrected chi connectivity index (χ1v) is 7.04. The third-order valence-electron chi connectivity index (χ3n) is 3.86. The molecule has 0 spiro atoms. The Hall–Kier alpha value is -2.76. The van der Waals surface area contributed by atoms with Gasteiger partial charge in [-0.15, -0.1) is 0 Å². The first-order valence-electron chi connectivity index (χ1n) is 7.04. The van der Waals surface area contributed by atoms with Crippen LogP contribution in [0.25, 0.3) is 11.0 Å². The summed E-state index contributed by atoms with van der Waals surface area (Å²) in [5.41, 5.74) is 3.91. The predicted molar refractivity (Wildman–Crippen MR) is 83.4 cm³/mol. The number of hydrogen-bond donors (Lipinski definition) is 1. The highest BCUT2D eigenvalue weighted by Crippen LogP contribution is 2.14. The number of fused-ring (bicyclic) bond motifs is 1. The van der Waals surface area contributed by atoms with Crippen molar-refractivity contribution in [3.63, 3.8) is 0 Å². The monoisotopic (exact) mass is 295 g/mol. The Morgan fingerprint density at radius 2 is 2.00 bits per heavy atom. The summed E-state index contributed by atoms with van der Waals surface area (Å²) in [5, 5.41) is 2.90. The van der Waals surface area contributed by atoms with E-state index in [4.69, 9.17) is 0 Å². The topological polar surface area (TPSA) is 72.7 Å². The number of carbonyl (C=O) groups excluding carboxylic acids is 1. The fraction of sp³-hybridized carbons (Fsp3) is 0.250. The maximum Gasteiger partial charge on any atom is 0.253 e. The Bertz CT molecular complexity index is 848. The Morgan fingerprint density at radius 1 is 1.23 bits per heavy atom. The number of para-hydroxylation sites is 1. The van der Waals surface area contributed by atoms with Gasteiger partial charge in [0.15, 0.2) is 0 Å². The summed E-state index contributed by atoms with van der Waals surface area (Å²) in [6.07, 6.45) is 3.20. The number of carbonyl (C=O) groups is 1. The smallest absolute Gasteiger partial charge is 0.253 e. The van der Waals surface area contributed by atoms with Crippen molar-refractivity contribution in [1.82, 2.24) is 24.8 Å². The van der Waals surface area contributed by atoms with Gasteiger partial charge in [0.25, 0.3) is 5.91 Å². The molecule has 112 valence electrons. The summed E-state index contributed by atoms with van der Waals surface area (Å²) in [6, 6.07) is 5.40. The summed E-state index contributed by atoms with van der Waals surface area (Å²) in [6.45, 7) is 4.34. The van der Waals surface area contributed by atoms with E-state index in [9.17, 15) is 4.79 Å². The number of hydrogen-bond acceptors (Lipinski definition) is 4. The van der Waals surface area contributed by atoms with E-state index in [0.717, 1.165) is 17.2 Å². The van der Waals surface area contributed by atoms with E-state index in [1.165, 1.54) is 0 Å². The first kappa shape index (κ1) is 14.2. The minimum Gasteiger partial charge on any atom is -0.345 e. The standard InChI is InChI=1S/C16H17N5O/c1-10-11(2)21(3)14(20-10)9-19-16(22)12-5-4-6-13-15(12)18-8-7-17-13/h4-8H,9H2,1-3H3,(H,19,22).